The quantitative estimate of drug-likeness (QED) is 0.0208. The Morgan fingerprint density at radius 2 is 1.07 bits per heavy atom. The number of ether oxygens (including phenoxy) is 4. The second-order valence-corrected chi connectivity index (χ2v) is 10.0. The number of nitrogens with two attached hydrogens (primary N) is 5. The molecule has 0 spiro atoms. The van der Waals surface area contributed by atoms with Crippen LogP contribution in [-0.2, 0) is 47.7 Å². The standard InChI is InChI=1S/C26H49N7O10S/c27-9-3-1-5-17(29)24(37)41-12-11-40-22(35)15-32-23(36)20(16-44)33-21(34)8-7-19(31)26(39)43-14-13-42-25(38)18(30)6-2-4-10-28/h17-20,44H,1-16,27-31H2,(H,32,36)(H,33,34)/t17-,18-,19-,20-/m0/s1. The lowest BCUT2D eigenvalue weighted by molar-refractivity contribution is -0.154. The molecular formula is C26H49N7O10S. The Kier molecular flexibility index (Phi) is 23.6. The maximum atomic E-state index is 12.3. The number of nitrogens with one attached hydrogen (secondary N) is 2. The van der Waals surface area contributed by atoms with Gasteiger partial charge in [0.2, 0.25) is 11.8 Å². The van der Waals surface area contributed by atoms with Crippen LogP contribution in [0.4, 0.5) is 0 Å². The molecule has 0 rings (SSSR count). The second kappa shape index (κ2) is 25.3. The minimum Gasteiger partial charge on any atom is -0.461 e. The second-order valence-electron chi connectivity index (χ2n) is 9.67. The monoisotopic (exact) mass is 651 g/mol. The van der Waals surface area contributed by atoms with Crippen molar-refractivity contribution in [3.05, 3.63) is 0 Å². The van der Waals surface area contributed by atoms with Gasteiger partial charge in [0.05, 0.1) is 0 Å². The van der Waals surface area contributed by atoms with Crippen molar-refractivity contribution < 1.29 is 47.7 Å². The highest BCUT2D eigenvalue weighted by Crippen LogP contribution is 2.02. The predicted molar refractivity (Wildman–Crippen MR) is 162 cm³/mol. The largest absolute Gasteiger partial charge is 0.461 e. The molecule has 44 heavy (non-hydrogen) atoms. The zero-order chi connectivity index (χ0) is 33.3. The van der Waals surface area contributed by atoms with Crippen molar-refractivity contribution in [1.29, 1.82) is 0 Å². The lowest BCUT2D eigenvalue weighted by Gasteiger charge is -2.17. The SMILES string of the molecule is NCCCC[C@H](N)C(=O)OCCOC(=O)CNC(=O)[C@H](CS)NC(=O)CC[C@H](N)C(=O)OCCOC(=O)[C@@H](N)CCCCN. The summed E-state index contributed by atoms with van der Waals surface area (Å²) in [6.07, 6.45) is 3.41. The van der Waals surface area contributed by atoms with Gasteiger partial charge >= 0.3 is 23.9 Å². The Labute approximate surface area is 262 Å². The molecule has 254 valence electrons. The van der Waals surface area contributed by atoms with Crippen LogP contribution in [0.2, 0.25) is 0 Å². The number of hydrogen-bond donors (Lipinski definition) is 8. The summed E-state index contributed by atoms with van der Waals surface area (Å²) in [5, 5.41) is 4.74. The van der Waals surface area contributed by atoms with E-state index < -0.39 is 66.4 Å². The fourth-order valence-electron chi connectivity index (χ4n) is 3.35. The van der Waals surface area contributed by atoms with Gasteiger partial charge in [-0.1, -0.05) is 12.8 Å². The summed E-state index contributed by atoms with van der Waals surface area (Å²) in [4.78, 5) is 72.1. The number of carbonyl (C=O) groups excluding carboxylic acids is 6. The van der Waals surface area contributed by atoms with Crippen LogP contribution in [-0.4, -0.2) is 112 Å². The van der Waals surface area contributed by atoms with Gasteiger partial charge in [0.1, 0.15) is 57.1 Å². The van der Waals surface area contributed by atoms with E-state index in [-0.39, 0.29) is 45.0 Å². The van der Waals surface area contributed by atoms with Gasteiger partial charge in [0.25, 0.3) is 0 Å². The molecule has 0 aromatic heterocycles. The van der Waals surface area contributed by atoms with Crippen molar-refractivity contribution in [2.45, 2.75) is 75.5 Å². The molecule has 0 aliphatic carbocycles. The lowest BCUT2D eigenvalue weighted by atomic mass is 10.1. The Bertz CT molecular complexity index is 899. The number of hydrogen-bond acceptors (Lipinski definition) is 16. The fourth-order valence-corrected chi connectivity index (χ4v) is 3.61. The number of rotatable bonds is 25. The van der Waals surface area contributed by atoms with E-state index in [9.17, 15) is 28.8 Å². The summed E-state index contributed by atoms with van der Waals surface area (Å²) in [7, 11) is 0. The van der Waals surface area contributed by atoms with Crippen molar-refractivity contribution in [3.63, 3.8) is 0 Å². The van der Waals surface area contributed by atoms with Crippen molar-refractivity contribution in [2.24, 2.45) is 28.7 Å². The maximum Gasteiger partial charge on any atom is 0.325 e. The van der Waals surface area contributed by atoms with E-state index in [1.165, 1.54) is 0 Å². The Hall–Kier alpha value is -3.03. The van der Waals surface area contributed by atoms with Gasteiger partial charge in [0, 0.05) is 12.2 Å². The Morgan fingerprint density at radius 1 is 0.636 bits per heavy atom. The van der Waals surface area contributed by atoms with Gasteiger partial charge in [-0.2, -0.15) is 12.6 Å². The molecular weight excluding hydrogens is 602 g/mol. The van der Waals surface area contributed by atoms with E-state index in [4.69, 9.17) is 47.6 Å². The molecule has 0 saturated heterocycles. The summed E-state index contributed by atoms with van der Waals surface area (Å²) in [6.45, 7) is -0.379. The third kappa shape index (κ3) is 20.0. The Balaban J connectivity index is 4.21. The van der Waals surface area contributed by atoms with Crippen molar-refractivity contribution >= 4 is 48.3 Å². The smallest absolute Gasteiger partial charge is 0.325 e. The van der Waals surface area contributed by atoms with E-state index in [2.05, 4.69) is 23.3 Å². The first-order valence-corrected chi connectivity index (χ1v) is 15.1. The fraction of sp³-hybridized carbons (Fsp3) is 0.769. The van der Waals surface area contributed by atoms with E-state index >= 15 is 0 Å². The first-order chi connectivity index (χ1) is 21.0. The summed E-state index contributed by atoms with van der Waals surface area (Å²) in [5.41, 5.74) is 28.0. The number of unbranched alkanes of at least 4 members (excludes halogenated alkanes) is 2. The number of thiol groups is 1. The highest BCUT2D eigenvalue weighted by atomic mass is 32.1. The molecule has 0 aromatic rings. The minimum absolute atomic E-state index is 0.0857. The molecule has 2 amide bonds. The zero-order valence-electron chi connectivity index (χ0n) is 25.0. The van der Waals surface area contributed by atoms with Gasteiger partial charge in [0.15, 0.2) is 0 Å². The minimum atomic E-state index is -1.14. The van der Waals surface area contributed by atoms with Crippen LogP contribution in [0.3, 0.4) is 0 Å². The highest BCUT2D eigenvalue weighted by Gasteiger charge is 2.23. The average molecular weight is 652 g/mol. The summed E-state index contributed by atoms with van der Waals surface area (Å²) in [6, 6.07) is -3.81. The Morgan fingerprint density at radius 3 is 1.50 bits per heavy atom. The molecule has 0 aliphatic heterocycles. The van der Waals surface area contributed by atoms with Crippen LogP contribution in [0.5, 0.6) is 0 Å². The molecule has 0 fully saturated rings. The predicted octanol–water partition coefficient (Wildman–Crippen LogP) is -3.29. The molecule has 0 aromatic carbocycles. The van der Waals surface area contributed by atoms with E-state index in [0.29, 0.717) is 38.8 Å². The first kappa shape index (κ1) is 41.0. The van der Waals surface area contributed by atoms with Gasteiger partial charge in [-0.3, -0.25) is 28.8 Å². The molecule has 0 unspecified atom stereocenters. The highest BCUT2D eigenvalue weighted by molar-refractivity contribution is 7.80. The molecule has 0 radical (unpaired) electrons. The summed E-state index contributed by atoms with van der Waals surface area (Å²) < 4.78 is 19.7. The summed E-state index contributed by atoms with van der Waals surface area (Å²) >= 11 is 4.04. The molecule has 12 N–H and O–H groups in total. The number of esters is 4. The van der Waals surface area contributed by atoms with Crippen LogP contribution in [0.1, 0.15) is 51.4 Å². The van der Waals surface area contributed by atoms with Crippen molar-refractivity contribution in [3.8, 4) is 0 Å². The van der Waals surface area contributed by atoms with Crippen LogP contribution in [0.15, 0.2) is 0 Å². The first-order valence-electron chi connectivity index (χ1n) is 14.5. The molecule has 0 aliphatic rings. The molecule has 0 heterocycles. The van der Waals surface area contributed by atoms with Crippen LogP contribution in [0, 0.1) is 0 Å². The van der Waals surface area contributed by atoms with Crippen molar-refractivity contribution in [1.82, 2.24) is 10.6 Å². The lowest BCUT2D eigenvalue weighted by Crippen LogP contribution is -2.49. The normalized spacial score (nSPS) is 13.5. The average Bonchev–Trinajstić information content (AvgIpc) is 3.01. The van der Waals surface area contributed by atoms with E-state index in [1.807, 2.05) is 0 Å². The van der Waals surface area contributed by atoms with Gasteiger partial charge in [-0.05, 0) is 45.2 Å². The van der Waals surface area contributed by atoms with Gasteiger partial charge in [-0.25, -0.2) is 0 Å². The van der Waals surface area contributed by atoms with Crippen molar-refractivity contribution in [2.75, 3.05) is 51.8 Å². The topological polar surface area (TPSA) is 293 Å². The molecule has 0 bridgehead atoms. The van der Waals surface area contributed by atoms with Crippen LogP contribution in [0.25, 0.3) is 0 Å². The van der Waals surface area contributed by atoms with E-state index in [0.717, 1.165) is 12.8 Å². The molecule has 17 nitrogen and oxygen atoms in total. The number of amides is 2. The number of carbonyl (C=O) groups is 6. The van der Waals surface area contributed by atoms with Gasteiger partial charge in [-0.15, -0.1) is 0 Å². The molecule has 18 heteroatoms. The molecule has 4 atom stereocenters. The summed E-state index contributed by atoms with van der Waals surface area (Å²) in [5.74, 6) is -4.21. The zero-order valence-corrected chi connectivity index (χ0v) is 25.9. The molecule has 0 saturated carbocycles. The third-order valence-corrected chi connectivity index (χ3v) is 6.30. The van der Waals surface area contributed by atoms with Crippen LogP contribution >= 0.6 is 12.6 Å². The van der Waals surface area contributed by atoms with Crippen LogP contribution < -0.4 is 39.3 Å². The third-order valence-electron chi connectivity index (χ3n) is 5.93. The van der Waals surface area contributed by atoms with E-state index in [1.54, 1.807) is 0 Å². The maximum absolute atomic E-state index is 12.3. The van der Waals surface area contributed by atoms with Gasteiger partial charge < -0.3 is 58.2 Å².